The van der Waals surface area contributed by atoms with E-state index in [0.717, 1.165) is 12.8 Å². The Bertz CT molecular complexity index is 388. The van der Waals surface area contributed by atoms with E-state index in [-0.39, 0.29) is 29.7 Å². The van der Waals surface area contributed by atoms with Crippen LogP contribution in [0.5, 0.6) is 0 Å². The molecular formula is C22H46MgO4S+2. The maximum atomic E-state index is 10.4. The first kappa shape index (κ1) is 30.8. The monoisotopic (exact) mass is 430 g/mol. The van der Waals surface area contributed by atoms with Crippen LogP contribution in [0.2, 0.25) is 0 Å². The quantitative estimate of drug-likeness (QED) is 0.112. The molecule has 0 aromatic heterocycles. The summed E-state index contributed by atoms with van der Waals surface area (Å²) in [5.41, 5.74) is 0. The normalized spacial score (nSPS) is 11.5. The summed E-state index contributed by atoms with van der Waals surface area (Å²) in [6.45, 7) is 2.37. The molecule has 0 heterocycles. The van der Waals surface area contributed by atoms with Gasteiger partial charge in [-0.15, -0.1) is 0 Å². The molecule has 6 heteroatoms. The van der Waals surface area contributed by atoms with Crippen molar-refractivity contribution in [2.24, 2.45) is 0 Å². The van der Waals surface area contributed by atoms with Gasteiger partial charge in [-0.1, -0.05) is 129 Å². The van der Waals surface area contributed by atoms with E-state index in [1.807, 2.05) is 0 Å². The number of hydrogen-bond acceptors (Lipinski definition) is 3. The van der Waals surface area contributed by atoms with E-state index in [1.54, 1.807) is 0 Å². The van der Waals surface area contributed by atoms with Gasteiger partial charge in [-0.3, -0.25) is 4.55 Å². The molecule has 0 spiro atoms. The van der Waals surface area contributed by atoms with Gasteiger partial charge in [-0.25, -0.2) is 4.18 Å². The van der Waals surface area contributed by atoms with Gasteiger partial charge in [-0.2, -0.15) is 8.42 Å². The molecule has 0 saturated carbocycles. The standard InChI is InChI=1S/C22H46O4S.Mg/c1-2-3-4-5-6-7-8-9-10-11-12-13-14-15-16-17-18-19-20-21-22-26-27(23,24)25;/h2-22H2,1H3,(H,23,24,25);/q;+2. The van der Waals surface area contributed by atoms with Crippen LogP contribution in [0, 0.1) is 0 Å². The molecule has 0 fully saturated rings. The zero-order valence-corrected chi connectivity index (χ0v) is 20.9. The van der Waals surface area contributed by atoms with Gasteiger partial charge in [0, 0.05) is 0 Å². The molecule has 0 atom stereocenters. The van der Waals surface area contributed by atoms with Crippen LogP contribution in [0.1, 0.15) is 135 Å². The van der Waals surface area contributed by atoms with Crippen LogP contribution in [-0.2, 0) is 14.6 Å². The second kappa shape index (κ2) is 23.9. The second-order valence-corrected chi connectivity index (χ2v) is 9.06. The Labute approximate surface area is 192 Å². The van der Waals surface area contributed by atoms with Gasteiger partial charge in [0.05, 0.1) is 6.61 Å². The average molecular weight is 431 g/mol. The Kier molecular flexibility index (Phi) is 26.3. The molecule has 0 radical (unpaired) electrons. The molecule has 0 bridgehead atoms. The van der Waals surface area contributed by atoms with E-state index in [1.165, 1.54) is 109 Å². The van der Waals surface area contributed by atoms with Crippen LogP contribution in [0.25, 0.3) is 0 Å². The van der Waals surface area contributed by atoms with E-state index >= 15 is 0 Å². The molecule has 0 rings (SSSR count). The molecule has 28 heavy (non-hydrogen) atoms. The van der Waals surface area contributed by atoms with Crippen molar-refractivity contribution in [1.82, 2.24) is 0 Å². The summed E-state index contributed by atoms with van der Waals surface area (Å²) in [7, 11) is -4.25. The summed E-state index contributed by atoms with van der Waals surface area (Å²) in [5, 5.41) is 0. The fraction of sp³-hybridized carbons (Fsp3) is 1.00. The molecule has 1 N–H and O–H groups in total. The third-order valence-corrected chi connectivity index (χ3v) is 5.69. The summed E-state index contributed by atoms with van der Waals surface area (Å²) in [5.74, 6) is 0. The molecule has 0 aliphatic heterocycles. The Morgan fingerprint density at radius 2 is 0.786 bits per heavy atom. The molecule has 4 nitrogen and oxygen atoms in total. The molecule has 0 amide bonds. The molecule has 0 aliphatic rings. The number of rotatable bonds is 22. The van der Waals surface area contributed by atoms with Crippen molar-refractivity contribution in [3.05, 3.63) is 0 Å². The Morgan fingerprint density at radius 3 is 1.04 bits per heavy atom. The van der Waals surface area contributed by atoms with Crippen LogP contribution in [0.15, 0.2) is 0 Å². The Hall–Kier alpha value is 0.636. The first-order valence-corrected chi connectivity index (χ1v) is 13.0. The predicted octanol–water partition coefficient (Wildman–Crippen LogP) is 7.25. The largest absolute Gasteiger partial charge is 2.00 e. The van der Waals surface area contributed by atoms with E-state index in [4.69, 9.17) is 4.55 Å². The van der Waals surface area contributed by atoms with Crippen molar-refractivity contribution < 1.29 is 17.2 Å². The van der Waals surface area contributed by atoms with Gasteiger partial charge in [0.15, 0.2) is 0 Å². The smallest absolute Gasteiger partial charge is 0.264 e. The zero-order chi connectivity index (χ0) is 20.1. The maximum Gasteiger partial charge on any atom is 2.00 e. The van der Waals surface area contributed by atoms with Crippen molar-refractivity contribution in [2.45, 2.75) is 135 Å². The summed E-state index contributed by atoms with van der Waals surface area (Å²) >= 11 is 0. The molecule has 0 unspecified atom stereocenters. The first-order chi connectivity index (χ1) is 13.1. The molecule has 0 aromatic rings. The van der Waals surface area contributed by atoms with Gasteiger partial charge in [0.25, 0.3) is 0 Å². The van der Waals surface area contributed by atoms with Gasteiger partial charge < -0.3 is 0 Å². The van der Waals surface area contributed by atoms with Crippen molar-refractivity contribution in [3.63, 3.8) is 0 Å². The van der Waals surface area contributed by atoms with Crippen molar-refractivity contribution >= 4 is 33.5 Å². The van der Waals surface area contributed by atoms with E-state index in [0.29, 0.717) is 6.42 Å². The topological polar surface area (TPSA) is 63.6 Å². The van der Waals surface area contributed by atoms with Crippen LogP contribution in [0.4, 0.5) is 0 Å². The summed E-state index contributed by atoms with van der Waals surface area (Å²) in [6, 6.07) is 0. The van der Waals surface area contributed by atoms with E-state index < -0.39 is 10.4 Å². The van der Waals surface area contributed by atoms with Crippen LogP contribution in [0.3, 0.4) is 0 Å². The van der Waals surface area contributed by atoms with Gasteiger partial charge >= 0.3 is 33.5 Å². The molecule has 0 aromatic carbocycles. The number of unbranched alkanes of at least 4 members (excludes halogenated alkanes) is 19. The van der Waals surface area contributed by atoms with Gasteiger partial charge in [-0.05, 0) is 6.42 Å². The SMILES string of the molecule is CCCCCCCCCCCCCCCCCCCCCCOS(=O)(=O)O.[Mg+2]. The van der Waals surface area contributed by atoms with Gasteiger partial charge in [0.2, 0.25) is 0 Å². The van der Waals surface area contributed by atoms with Crippen LogP contribution in [-0.4, -0.2) is 42.6 Å². The van der Waals surface area contributed by atoms with Crippen molar-refractivity contribution in [3.8, 4) is 0 Å². The van der Waals surface area contributed by atoms with E-state index in [9.17, 15) is 8.42 Å². The van der Waals surface area contributed by atoms with Crippen LogP contribution < -0.4 is 0 Å². The first-order valence-electron chi connectivity index (χ1n) is 11.7. The fourth-order valence-corrected chi connectivity index (χ4v) is 3.85. The predicted molar refractivity (Wildman–Crippen MR) is 121 cm³/mol. The fourth-order valence-electron chi connectivity index (χ4n) is 3.52. The summed E-state index contributed by atoms with van der Waals surface area (Å²) in [6.07, 6.45) is 26.3. The Morgan fingerprint density at radius 1 is 0.536 bits per heavy atom. The van der Waals surface area contributed by atoms with E-state index in [2.05, 4.69) is 11.1 Å². The third kappa shape index (κ3) is 28.8. The van der Waals surface area contributed by atoms with Gasteiger partial charge in [0.1, 0.15) is 0 Å². The zero-order valence-electron chi connectivity index (χ0n) is 18.6. The number of hydrogen-bond donors (Lipinski definition) is 1. The maximum absolute atomic E-state index is 10.4. The minimum atomic E-state index is -4.25. The summed E-state index contributed by atoms with van der Waals surface area (Å²) in [4.78, 5) is 0. The minimum Gasteiger partial charge on any atom is -0.264 e. The molecule has 0 aliphatic carbocycles. The third-order valence-electron chi connectivity index (χ3n) is 5.23. The summed E-state index contributed by atoms with van der Waals surface area (Å²) < 4.78 is 33.5. The molecular weight excluding hydrogens is 385 g/mol. The van der Waals surface area contributed by atoms with Crippen molar-refractivity contribution in [1.29, 1.82) is 0 Å². The second-order valence-electron chi connectivity index (χ2n) is 7.97. The van der Waals surface area contributed by atoms with Crippen molar-refractivity contribution in [2.75, 3.05) is 6.61 Å². The minimum absolute atomic E-state index is 0. The average Bonchev–Trinajstić information content (AvgIpc) is 2.62. The Balaban J connectivity index is 0. The van der Waals surface area contributed by atoms with Crippen LogP contribution >= 0.6 is 0 Å². The molecule has 164 valence electrons. The molecule has 0 saturated heterocycles.